The van der Waals surface area contributed by atoms with Crippen molar-refractivity contribution >= 4 is 28.3 Å². The number of fused-ring (bicyclic) bond motifs is 1. The van der Waals surface area contributed by atoms with Crippen LogP contribution in [0.3, 0.4) is 0 Å². The number of carbonyl (C=O) groups excluding carboxylic acids is 1. The molecule has 0 bridgehead atoms. The van der Waals surface area contributed by atoms with Crippen molar-refractivity contribution in [2.24, 2.45) is 0 Å². The Morgan fingerprint density at radius 3 is 2.57 bits per heavy atom. The van der Waals surface area contributed by atoms with Crippen molar-refractivity contribution in [2.75, 3.05) is 11.1 Å². The molecule has 0 fully saturated rings. The minimum absolute atomic E-state index is 0.203. The van der Waals surface area contributed by atoms with Gasteiger partial charge in [0.1, 0.15) is 0 Å². The van der Waals surface area contributed by atoms with E-state index in [9.17, 15) is 4.79 Å². The molecular weight excluding hydrogens is 264 g/mol. The van der Waals surface area contributed by atoms with Crippen LogP contribution < -0.4 is 11.1 Å². The van der Waals surface area contributed by atoms with Crippen LogP contribution in [-0.2, 0) is 0 Å². The number of hydrogen-bond donors (Lipinski definition) is 2. The molecule has 0 saturated heterocycles. The number of nitrogens with two attached hydrogens (primary N) is 1. The van der Waals surface area contributed by atoms with E-state index in [4.69, 9.17) is 5.73 Å². The van der Waals surface area contributed by atoms with Crippen molar-refractivity contribution in [3.05, 3.63) is 59.9 Å². The Bertz CT molecular complexity index is 829. The number of carbonyl (C=O) groups is 1. The zero-order valence-electron chi connectivity index (χ0n) is 11.5. The number of rotatable bonds is 2. The fraction of sp³-hybridized carbons (Fsp3) is 0.0625. The van der Waals surface area contributed by atoms with Crippen LogP contribution in [0.2, 0.25) is 0 Å². The lowest BCUT2D eigenvalue weighted by Crippen LogP contribution is -2.12. The summed E-state index contributed by atoms with van der Waals surface area (Å²) in [7, 11) is 0. The van der Waals surface area contributed by atoms with E-state index in [-0.39, 0.29) is 5.91 Å². The summed E-state index contributed by atoms with van der Waals surface area (Å²) >= 11 is 0. The number of anilines is 2. The Morgan fingerprint density at radius 1 is 1.05 bits per heavy atom. The van der Waals surface area contributed by atoms with Crippen molar-refractivity contribution in [1.29, 1.82) is 0 Å². The van der Waals surface area contributed by atoms with Gasteiger partial charge >= 0.3 is 0 Å². The van der Waals surface area contributed by atoms with Gasteiger partial charge in [0, 0.05) is 29.3 Å². The molecule has 21 heavy (non-hydrogen) atoms. The van der Waals surface area contributed by atoms with E-state index in [1.54, 1.807) is 36.7 Å². The molecule has 0 aliphatic heterocycles. The van der Waals surface area contributed by atoms with E-state index in [1.807, 2.05) is 19.1 Å². The molecule has 5 heteroatoms. The van der Waals surface area contributed by atoms with Gasteiger partial charge in [-0.05, 0) is 42.8 Å². The van der Waals surface area contributed by atoms with Crippen LogP contribution in [0.25, 0.3) is 11.0 Å². The minimum Gasteiger partial charge on any atom is -0.398 e. The van der Waals surface area contributed by atoms with Gasteiger partial charge in [-0.25, -0.2) is 0 Å². The maximum atomic E-state index is 12.3. The first kappa shape index (κ1) is 13.1. The van der Waals surface area contributed by atoms with Gasteiger partial charge in [0.25, 0.3) is 5.91 Å². The molecule has 0 radical (unpaired) electrons. The summed E-state index contributed by atoms with van der Waals surface area (Å²) in [5.41, 5.74) is 10.1. The third-order valence-electron chi connectivity index (χ3n) is 3.27. The van der Waals surface area contributed by atoms with Crippen LogP contribution in [0.5, 0.6) is 0 Å². The van der Waals surface area contributed by atoms with Crippen LogP contribution >= 0.6 is 0 Å². The smallest absolute Gasteiger partial charge is 0.255 e. The number of benzene rings is 2. The van der Waals surface area contributed by atoms with E-state index in [0.717, 1.165) is 11.1 Å². The lowest BCUT2D eigenvalue weighted by molar-refractivity contribution is 0.102. The molecule has 3 N–H and O–H groups in total. The predicted molar refractivity (Wildman–Crippen MR) is 83.1 cm³/mol. The third-order valence-corrected chi connectivity index (χ3v) is 3.27. The molecule has 3 rings (SSSR count). The first-order valence-electron chi connectivity index (χ1n) is 6.52. The van der Waals surface area contributed by atoms with E-state index < -0.39 is 0 Å². The number of amides is 1. The maximum Gasteiger partial charge on any atom is 0.255 e. The van der Waals surface area contributed by atoms with E-state index in [0.29, 0.717) is 22.5 Å². The zero-order chi connectivity index (χ0) is 14.8. The quantitative estimate of drug-likeness (QED) is 0.706. The van der Waals surface area contributed by atoms with Gasteiger partial charge in [0.15, 0.2) is 0 Å². The average molecular weight is 278 g/mol. The third kappa shape index (κ3) is 2.67. The number of nitrogens with zero attached hydrogens (tertiary/aromatic N) is 2. The van der Waals surface area contributed by atoms with Gasteiger partial charge in [0.2, 0.25) is 0 Å². The topological polar surface area (TPSA) is 80.9 Å². The molecule has 0 aliphatic rings. The largest absolute Gasteiger partial charge is 0.398 e. The first-order chi connectivity index (χ1) is 10.1. The highest BCUT2D eigenvalue weighted by Gasteiger charge is 2.08. The Morgan fingerprint density at radius 2 is 1.81 bits per heavy atom. The van der Waals surface area contributed by atoms with Crippen LogP contribution in [0.15, 0.2) is 48.8 Å². The average Bonchev–Trinajstić information content (AvgIpc) is 2.50. The van der Waals surface area contributed by atoms with Crippen molar-refractivity contribution < 1.29 is 4.79 Å². The summed E-state index contributed by atoms with van der Waals surface area (Å²) in [6.45, 7) is 1.92. The minimum atomic E-state index is -0.203. The van der Waals surface area contributed by atoms with Gasteiger partial charge in [0.05, 0.1) is 11.0 Å². The molecule has 1 heterocycles. The Labute approximate surface area is 121 Å². The monoisotopic (exact) mass is 278 g/mol. The number of aromatic nitrogens is 2. The number of nitrogen functional groups attached to an aromatic ring is 1. The van der Waals surface area contributed by atoms with Crippen LogP contribution in [0, 0.1) is 6.92 Å². The Kier molecular flexibility index (Phi) is 3.23. The van der Waals surface area contributed by atoms with E-state index >= 15 is 0 Å². The summed E-state index contributed by atoms with van der Waals surface area (Å²) in [6.07, 6.45) is 3.22. The van der Waals surface area contributed by atoms with Gasteiger partial charge in [-0.1, -0.05) is 6.07 Å². The molecule has 2 aromatic carbocycles. The van der Waals surface area contributed by atoms with Gasteiger partial charge < -0.3 is 11.1 Å². The molecule has 0 atom stereocenters. The van der Waals surface area contributed by atoms with E-state index in [2.05, 4.69) is 15.3 Å². The molecule has 1 aromatic heterocycles. The fourth-order valence-electron chi connectivity index (χ4n) is 2.03. The Balaban J connectivity index is 1.87. The summed E-state index contributed by atoms with van der Waals surface area (Å²) in [5, 5.41) is 2.82. The van der Waals surface area contributed by atoms with Crippen molar-refractivity contribution in [2.45, 2.75) is 6.92 Å². The molecule has 0 unspecified atom stereocenters. The lowest BCUT2D eigenvalue weighted by atomic mass is 10.1. The standard InChI is InChI=1S/C16H14N4O/c1-10-2-4-12(9-13(10)17)20-16(21)11-3-5-14-15(8-11)19-7-6-18-14/h2-9H,17H2,1H3,(H,20,21). The molecule has 5 nitrogen and oxygen atoms in total. The fourth-order valence-corrected chi connectivity index (χ4v) is 2.03. The van der Waals surface area contributed by atoms with Gasteiger partial charge in [-0.2, -0.15) is 0 Å². The Hall–Kier alpha value is -2.95. The van der Waals surface area contributed by atoms with Crippen molar-refractivity contribution in [3.63, 3.8) is 0 Å². The number of aryl methyl sites for hydroxylation is 1. The molecule has 0 aliphatic carbocycles. The van der Waals surface area contributed by atoms with Gasteiger partial charge in [-0.15, -0.1) is 0 Å². The lowest BCUT2D eigenvalue weighted by Gasteiger charge is -2.08. The van der Waals surface area contributed by atoms with Crippen LogP contribution in [0.4, 0.5) is 11.4 Å². The maximum absolute atomic E-state index is 12.3. The number of nitrogens with one attached hydrogen (secondary N) is 1. The highest BCUT2D eigenvalue weighted by Crippen LogP contribution is 2.18. The second-order valence-corrected chi connectivity index (χ2v) is 4.79. The van der Waals surface area contributed by atoms with Gasteiger partial charge in [-0.3, -0.25) is 14.8 Å². The second-order valence-electron chi connectivity index (χ2n) is 4.79. The molecule has 0 spiro atoms. The highest BCUT2D eigenvalue weighted by molar-refractivity contribution is 6.06. The van der Waals surface area contributed by atoms with E-state index in [1.165, 1.54) is 0 Å². The van der Waals surface area contributed by atoms with Crippen molar-refractivity contribution in [3.8, 4) is 0 Å². The second kappa shape index (κ2) is 5.20. The summed E-state index contributed by atoms with van der Waals surface area (Å²) in [4.78, 5) is 20.6. The number of hydrogen-bond acceptors (Lipinski definition) is 4. The molecule has 0 saturated carbocycles. The molecule has 3 aromatic rings. The van der Waals surface area contributed by atoms with Crippen LogP contribution in [0.1, 0.15) is 15.9 Å². The molecule has 1 amide bonds. The summed E-state index contributed by atoms with van der Waals surface area (Å²) < 4.78 is 0. The normalized spacial score (nSPS) is 10.5. The summed E-state index contributed by atoms with van der Waals surface area (Å²) in [6, 6.07) is 10.7. The predicted octanol–water partition coefficient (Wildman–Crippen LogP) is 2.77. The molecular formula is C16H14N4O. The zero-order valence-corrected chi connectivity index (χ0v) is 11.5. The highest BCUT2D eigenvalue weighted by atomic mass is 16.1. The van der Waals surface area contributed by atoms with Crippen molar-refractivity contribution in [1.82, 2.24) is 9.97 Å². The van der Waals surface area contributed by atoms with Crippen LogP contribution in [-0.4, -0.2) is 15.9 Å². The molecule has 104 valence electrons. The SMILES string of the molecule is Cc1ccc(NC(=O)c2ccc3nccnc3c2)cc1N. The summed E-state index contributed by atoms with van der Waals surface area (Å²) in [5.74, 6) is -0.203. The first-order valence-corrected chi connectivity index (χ1v) is 6.52.